The van der Waals surface area contributed by atoms with Crippen LogP contribution in [0.2, 0.25) is 0 Å². The quantitative estimate of drug-likeness (QED) is 0.488. The number of anilines is 1. The molecule has 2 fully saturated rings. The summed E-state index contributed by atoms with van der Waals surface area (Å²) < 4.78 is 5.68. The van der Waals surface area contributed by atoms with Crippen molar-refractivity contribution < 1.29 is 18.8 Å². The zero-order valence-electron chi connectivity index (χ0n) is 23.2. The van der Waals surface area contributed by atoms with Crippen LogP contribution < -0.4 is 15.6 Å². The van der Waals surface area contributed by atoms with Crippen molar-refractivity contribution in [3.8, 4) is 0 Å². The molecule has 1 aromatic heterocycles. The van der Waals surface area contributed by atoms with E-state index in [1.54, 1.807) is 17.0 Å². The van der Waals surface area contributed by atoms with Crippen LogP contribution in [0.4, 0.5) is 5.69 Å². The Morgan fingerprint density at radius 2 is 1.73 bits per heavy atom. The SMILES string of the molecule is CC(C)c1ccc2oc(C(=O)NCC(=O)N3CCN(c4ccccc4CN4CCCCC4=O)CC3)cc(=O)c2c1. The highest BCUT2D eigenvalue weighted by Crippen LogP contribution is 2.25. The van der Waals surface area contributed by atoms with E-state index in [-0.39, 0.29) is 35.5 Å². The number of likely N-dealkylation sites (tertiary alicyclic amines) is 1. The van der Waals surface area contributed by atoms with Gasteiger partial charge in [-0.25, -0.2) is 0 Å². The molecule has 40 heavy (non-hydrogen) atoms. The number of carbonyl (C=O) groups is 3. The zero-order chi connectivity index (χ0) is 28.2. The number of benzene rings is 2. The number of para-hydroxylation sites is 1. The Morgan fingerprint density at radius 3 is 2.48 bits per heavy atom. The first kappa shape index (κ1) is 27.4. The van der Waals surface area contributed by atoms with Crippen molar-refractivity contribution in [3.63, 3.8) is 0 Å². The fourth-order valence-electron chi connectivity index (χ4n) is 5.38. The first-order chi connectivity index (χ1) is 19.3. The largest absolute Gasteiger partial charge is 0.451 e. The van der Waals surface area contributed by atoms with Crippen molar-refractivity contribution in [1.82, 2.24) is 15.1 Å². The molecule has 2 saturated heterocycles. The zero-order valence-corrected chi connectivity index (χ0v) is 23.2. The van der Waals surface area contributed by atoms with Crippen LogP contribution in [-0.2, 0) is 16.1 Å². The summed E-state index contributed by atoms with van der Waals surface area (Å²) in [4.78, 5) is 56.5. The van der Waals surface area contributed by atoms with Gasteiger partial charge in [-0.3, -0.25) is 19.2 Å². The molecule has 3 heterocycles. The summed E-state index contributed by atoms with van der Waals surface area (Å²) in [5, 5.41) is 3.04. The third-order valence-electron chi connectivity index (χ3n) is 7.79. The molecule has 210 valence electrons. The lowest BCUT2D eigenvalue weighted by atomic mass is 10.0. The van der Waals surface area contributed by atoms with Gasteiger partial charge in [-0.05, 0) is 48.1 Å². The van der Waals surface area contributed by atoms with Crippen molar-refractivity contribution in [1.29, 1.82) is 0 Å². The molecule has 2 aromatic carbocycles. The Balaban J connectivity index is 1.16. The minimum atomic E-state index is -0.597. The molecule has 5 rings (SSSR count). The normalized spacial score (nSPS) is 16.1. The van der Waals surface area contributed by atoms with Crippen LogP contribution in [0, 0.1) is 0 Å². The Labute approximate surface area is 233 Å². The van der Waals surface area contributed by atoms with Gasteiger partial charge < -0.3 is 24.4 Å². The molecule has 0 atom stereocenters. The van der Waals surface area contributed by atoms with Gasteiger partial charge in [0.25, 0.3) is 5.91 Å². The molecule has 0 unspecified atom stereocenters. The molecule has 9 heteroatoms. The van der Waals surface area contributed by atoms with Crippen molar-refractivity contribution in [2.45, 2.75) is 45.6 Å². The van der Waals surface area contributed by atoms with Crippen LogP contribution in [0.1, 0.15) is 60.7 Å². The number of hydrogen-bond donors (Lipinski definition) is 1. The van der Waals surface area contributed by atoms with Gasteiger partial charge in [0, 0.05) is 57.4 Å². The van der Waals surface area contributed by atoms with Crippen LogP contribution in [0.5, 0.6) is 0 Å². The third kappa shape index (κ3) is 6.03. The van der Waals surface area contributed by atoms with Crippen molar-refractivity contribution in [2.24, 2.45) is 0 Å². The van der Waals surface area contributed by atoms with E-state index in [1.165, 1.54) is 6.07 Å². The van der Waals surface area contributed by atoms with E-state index in [2.05, 4.69) is 22.3 Å². The highest BCUT2D eigenvalue weighted by atomic mass is 16.3. The first-order valence-corrected chi connectivity index (χ1v) is 14.0. The Kier molecular flexibility index (Phi) is 8.19. The highest BCUT2D eigenvalue weighted by molar-refractivity contribution is 5.95. The van der Waals surface area contributed by atoms with Gasteiger partial charge in [0.05, 0.1) is 11.9 Å². The topological polar surface area (TPSA) is 103 Å². The number of nitrogens with one attached hydrogen (secondary N) is 1. The summed E-state index contributed by atoms with van der Waals surface area (Å²) in [6.45, 7) is 7.66. The molecular weight excluding hydrogens is 508 g/mol. The molecule has 0 aliphatic carbocycles. The molecule has 0 bridgehead atoms. The Bertz CT molecular complexity index is 1470. The molecule has 9 nitrogen and oxygen atoms in total. The molecular formula is C31H36N4O5. The molecule has 0 radical (unpaired) electrons. The Morgan fingerprint density at radius 1 is 0.950 bits per heavy atom. The van der Waals surface area contributed by atoms with Crippen molar-refractivity contribution in [2.75, 3.05) is 44.2 Å². The minimum absolute atomic E-state index is 0.115. The number of fused-ring (bicyclic) bond motifs is 1. The van der Waals surface area contributed by atoms with E-state index in [0.29, 0.717) is 50.1 Å². The van der Waals surface area contributed by atoms with Crippen LogP contribution in [0.25, 0.3) is 11.0 Å². The summed E-state index contributed by atoms with van der Waals surface area (Å²) in [7, 11) is 0. The lowest BCUT2D eigenvalue weighted by molar-refractivity contribution is -0.134. The van der Waals surface area contributed by atoms with Gasteiger partial charge in [-0.2, -0.15) is 0 Å². The fraction of sp³-hybridized carbons (Fsp3) is 0.419. The molecule has 0 spiro atoms. The molecule has 3 amide bonds. The van der Waals surface area contributed by atoms with Gasteiger partial charge >= 0.3 is 0 Å². The third-order valence-corrected chi connectivity index (χ3v) is 7.79. The fourth-order valence-corrected chi connectivity index (χ4v) is 5.38. The number of piperidine rings is 1. The smallest absolute Gasteiger partial charge is 0.287 e. The number of nitrogens with zero attached hydrogens (tertiary/aromatic N) is 3. The molecule has 2 aliphatic heterocycles. The molecule has 1 N–H and O–H groups in total. The van der Waals surface area contributed by atoms with Gasteiger partial charge in [-0.15, -0.1) is 0 Å². The number of hydrogen-bond acceptors (Lipinski definition) is 6. The van der Waals surface area contributed by atoms with Crippen LogP contribution in [0.15, 0.2) is 57.7 Å². The van der Waals surface area contributed by atoms with E-state index >= 15 is 0 Å². The van der Waals surface area contributed by atoms with Crippen LogP contribution in [-0.4, -0.2) is 66.8 Å². The predicted octanol–water partition coefficient (Wildman–Crippen LogP) is 3.51. The standard InChI is InChI=1S/C31H36N4O5/c1-21(2)22-10-11-27-24(17-22)26(36)18-28(40-27)31(39)32-19-30(38)34-15-13-33(14-16-34)25-8-4-3-7-23(25)20-35-12-6-5-9-29(35)37/h3-4,7-8,10-11,17-18,21H,5-6,9,12-16,19-20H2,1-2H3,(H,32,39). The van der Waals surface area contributed by atoms with Gasteiger partial charge in [0.15, 0.2) is 11.2 Å². The lowest BCUT2D eigenvalue weighted by Crippen LogP contribution is -2.51. The Hall–Kier alpha value is -4.14. The number of piperazine rings is 1. The van der Waals surface area contributed by atoms with Crippen LogP contribution in [0.3, 0.4) is 0 Å². The summed E-state index contributed by atoms with van der Waals surface area (Å²) in [6.07, 6.45) is 2.62. The van der Waals surface area contributed by atoms with E-state index in [9.17, 15) is 19.2 Å². The van der Waals surface area contributed by atoms with Gasteiger partial charge in [0.2, 0.25) is 11.8 Å². The first-order valence-electron chi connectivity index (χ1n) is 14.0. The van der Waals surface area contributed by atoms with Crippen molar-refractivity contribution >= 4 is 34.4 Å². The van der Waals surface area contributed by atoms with E-state index in [0.717, 1.165) is 36.2 Å². The maximum Gasteiger partial charge on any atom is 0.287 e. The van der Waals surface area contributed by atoms with Gasteiger partial charge in [0.1, 0.15) is 5.58 Å². The number of amides is 3. The molecule has 2 aliphatic rings. The van der Waals surface area contributed by atoms with E-state index in [1.807, 2.05) is 36.9 Å². The summed E-state index contributed by atoms with van der Waals surface area (Å²) in [5.74, 6) is -0.428. The second-order valence-electron chi connectivity index (χ2n) is 10.8. The summed E-state index contributed by atoms with van der Waals surface area (Å²) in [5.41, 5.74) is 3.27. The monoisotopic (exact) mass is 544 g/mol. The van der Waals surface area contributed by atoms with Gasteiger partial charge in [-0.1, -0.05) is 38.1 Å². The average Bonchev–Trinajstić information content (AvgIpc) is 2.97. The average molecular weight is 545 g/mol. The highest BCUT2D eigenvalue weighted by Gasteiger charge is 2.25. The number of rotatable bonds is 7. The second kappa shape index (κ2) is 11.9. The predicted molar refractivity (Wildman–Crippen MR) is 153 cm³/mol. The maximum atomic E-state index is 12.9. The molecule has 3 aromatic rings. The maximum absolute atomic E-state index is 12.9. The van der Waals surface area contributed by atoms with E-state index < -0.39 is 5.91 Å². The minimum Gasteiger partial charge on any atom is -0.451 e. The second-order valence-corrected chi connectivity index (χ2v) is 10.8. The summed E-state index contributed by atoms with van der Waals surface area (Å²) >= 11 is 0. The summed E-state index contributed by atoms with van der Waals surface area (Å²) in [6, 6.07) is 14.7. The lowest BCUT2D eigenvalue weighted by Gasteiger charge is -2.37. The van der Waals surface area contributed by atoms with E-state index in [4.69, 9.17) is 4.42 Å². The van der Waals surface area contributed by atoms with Crippen LogP contribution >= 0.6 is 0 Å². The molecule has 0 saturated carbocycles. The number of carbonyl (C=O) groups excluding carboxylic acids is 3. The van der Waals surface area contributed by atoms with Crippen molar-refractivity contribution in [3.05, 3.63) is 75.6 Å².